The quantitative estimate of drug-likeness (QED) is 0.815. The maximum atomic E-state index is 12.9. The topological polar surface area (TPSA) is 43.6 Å². The van der Waals surface area contributed by atoms with E-state index in [1.54, 1.807) is 12.1 Å². The van der Waals surface area contributed by atoms with Gasteiger partial charge in [-0.3, -0.25) is 0 Å². The average molecular weight is 289 g/mol. The zero-order chi connectivity index (χ0) is 11.5. The molecule has 0 radical (unpaired) electrons. The molecule has 0 amide bonds. The van der Waals surface area contributed by atoms with E-state index >= 15 is 0 Å². The van der Waals surface area contributed by atoms with Crippen molar-refractivity contribution in [3.63, 3.8) is 0 Å². The summed E-state index contributed by atoms with van der Waals surface area (Å²) in [7, 11) is 0. The van der Waals surface area contributed by atoms with Crippen LogP contribution in [0.3, 0.4) is 0 Å². The third-order valence-electron chi connectivity index (χ3n) is 2.01. The van der Waals surface area contributed by atoms with E-state index in [0.29, 0.717) is 10.9 Å². The number of halogens is 3. The largest absolute Gasteiger partial charge is 0.280 e. The molecule has 0 saturated carbocycles. The molecule has 2 aromatic rings. The molecule has 16 heavy (non-hydrogen) atoms. The maximum Gasteiger partial charge on any atom is 0.280 e. The van der Waals surface area contributed by atoms with Crippen molar-refractivity contribution in [2.75, 3.05) is 0 Å². The summed E-state index contributed by atoms with van der Waals surface area (Å²) in [5.41, 5.74) is 0.290. The van der Waals surface area contributed by atoms with Gasteiger partial charge in [-0.1, -0.05) is 15.9 Å². The number of rotatable bonds is 3. The van der Waals surface area contributed by atoms with Gasteiger partial charge in [-0.2, -0.15) is 10.2 Å². The lowest BCUT2D eigenvalue weighted by atomic mass is 10.3. The molecule has 0 aromatic carbocycles. The molecule has 0 N–H and O–H groups in total. The minimum absolute atomic E-state index is 0.155. The Kier molecular flexibility index (Phi) is 3.23. The highest BCUT2D eigenvalue weighted by Crippen LogP contribution is 2.26. The van der Waals surface area contributed by atoms with Gasteiger partial charge in [-0.05, 0) is 12.1 Å². The first kappa shape index (κ1) is 11.1. The summed E-state index contributed by atoms with van der Waals surface area (Å²) in [6.07, 6.45) is 0.266. The second-order valence-corrected chi connectivity index (χ2v) is 3.54. The minimum atomic E-state index is -2.60. The molecule has 0 unspecified atom stereocenters. The Labute approximate surface area is 98.4 Å². The molecule has 0 aliphatic rings. The average Bonchev–Trinajstić information content (AvgIpc) is 2.73. The third-order valence-corrected chi connectivity index (χ3v) is 2.62. The molecule has 0 saturated heterocycles. The number of aromatic nitrogens is 4. The molecular weight excluding hydrogens is 282 g/mol. The predicted octanol–water partition coefficient (Wildman–Crippen LogP) is 2.49. The molecule has 2 rings (SSSR count). The molecule has 0 fully saturated rings. The van der Waals surface area contributed by atoms with Gasteiger partial charge in [0.25, 0.3) is 6.43 Å². The van der Waals surface area contributed by atoms with Crippen LogP contribution in [0.15, 0.2) is 24.5 Å². The van der Waals surface area contributed by atoms with Crippen molar-refractivity contribution in [3.8, 4) is 5.82 Å². The van der Waals surface area contributed by atoms with Crippen LogP contribution in [0.5, 0.6) is 0 Å². The van der Waals surface area contributed by atoms with Crippen molar-refractivity contribution in [3.05, 3.63) is 35.8 Å². The highest BCUT2D eigenvalue weighted by molar-refractivity contribution is 9.08. The van der Waals surface area contributed by atoms with Crippen LogP contribution in [0.25, 0.3) is 5.82 Å². The smallest absolute Gasteiger partial charge is 0.212 e. The first-order valence-electron chi connectivity index (χ1n) is 4.43. The summed E-state index contributed by atoms with van der Waals surface area (Å²) >= 11 is 3.14. The van der Waals surface area contributed by atoms with Gasteiger partial charge in [0.05, 0.1) is 6.20 Å². The molecule has 0 atom stereocenters. The van der Waals surface area contributed by atoms with Crippen molar-refractivity contribution in [2.24, 2.45) is 0 Å². The summed E-state index contributed by atoms with van der Waals surface area (Å²) in [6, 6.07) is 3.19. The highest BCUT2D eigenvalue weighted by Gasteiger charge is 2.20. The Morgan fingerprint density at radius 1 is 1.44 bits per heavy atom. The Balaban J connectivity index is 2.53. The van der Waals surface area contributed by atoms with Gasteiger partial charge in [0.2, 0.25) is 0 Å². The monoisotopic (exact) mass is 288 g/mol. The lowest BCUT2D eigenvalue weighted by Crippen LogP contribution is -2.06. The summed E-state index contributed by atoms with van der Waals surface area (Å²) in [4.78, 5) is 0. The summed E-state index contributed by atoms with van der Waals surface area (Å²) < 4.78 is 26.8. The van der Waals surface area contributed by atoms with Crippen molar-refractivity contribution in [2.45, 2.75) is 11.8 Å². The highest BCUT2D eigenvalue weighted by atomic mass is 79.9. The molecular formula is C9H7BrF2N4. The van der Waals surface area contributed by atoms with Gasteiger partial charge in [0.15, 0.2) is 5.82 Å². The normalized spacial score (nSPS) is 11.0. The fourth-order valence-corrected chi connectivity index (χ4v) is 1.75. The van der Waals surface area contributed by atoms with Crippen molar-refractivity contribution < 1.29 is 8.78 Å². The lowest BCUT2D eigenvalue weighted by Gasteiger charge is -2.05. The van der Waals surface area contributed by atoms with Gasteiger partial charge in [-0.15, -0.1) is 5.10 Å². The zero-order valence-electron chi connectivity index (χ0n) is 8.02. The Hall–Kier alpha value is -1.37. The fraction of sp³-hybridized carbons (Fsp3) is 0.222. The Bertz CT molecular complexity index is 472. The van der Waals surface area contributed by atoms with E-state index in [9.17, 15) is 8.78 Å². The van der Waals surface area contributed by atoms with Gasteiger partial charge in [-0.25, -0.2) is 13.5 Å². The summed E-state index contributed by atoms with van der Waals surface area (Å²) in [5, 5.41) is 11.6. The molecule has 4 nitrogen and oxygen atoms in total. The molecule has 7 heteroatoms. The number of hydrogen-bond donors (Lipinski definition) is 0. The van der Waals surface area contributed by atoms with E-state index < -0.39 is 6.43 Å². The van der Waals surface area contributed by atoms with Crippen LogP contribution in [-0.2, 0) is 5.33 Å². The van der Waals surface area contributed by atoms with Gasteiger partial charge < -0.3 is 0 Å². The molecule has 0 spiro atoms. The minimum Gasteiger partial charge on any atom is -0.212 e. The van der Waals surface area contributed by atoms with Gasteiger partial charge >= 0.3 is 0 Å². The van der Waals surface area contributed by atoms with E-state index in [4.69, 9.17) is 0 Å². The Morgan fingerprint density at radius 3 is 2.81 bits per heavy atom. The van der Waals surface area contributed by atoms with E-state index in [1.165, 1.54) is 12.4 Å². The van der Waals surface area contributed by atoms with Crippen LogP contribution in [0, 0.1) is 0 Å². The van der Waals surface area contributed by atoms with E-state index in [1.807, 2.05) is 0 Å². The van der Waals surface area contributed by atoms with Crippen LogP contribution in [0.4, 0.5) is 8.78 Å². The zero-order valence-corrected chi connectivity index (χ0v) is 9.60. The molecule has 0 aliphatic heterocycles. The first-order valence-corrected chi connectivity index (χ1v) is 5.55. The molecule has 84 valence electrons. The second kappa shape index (κ2) is 4.65. The first-order chi connectivity index (χ1) is 7.74. The van der Waals surface area contributed by atoms with Crippen LogP contribution >= 0.6 is 15.9 Å². The number of nitrogens with zero attached hydrogens (tertiary/aromatic N) is 4. The molecule has 0 bridgehead atoms. The van der Waals surface area contributed by atoms with Crippen LogP contribution in [0.1, 0.15) is 17.7 Å². The van der Waals surface area contributed by atoms with E-state index in [-0.39, 0.29) is 11.5 Å². The number of alkyl halides is 3. The number of hydrogen-bond acceptors (Lipinski definition) is 3. The van der Waals surface area contributed by atoms with Gasteiger partial charge in [0.1, 0.15) is 5.69 Å². The molecule has 2 heterocycles. The SMILES string of the molecule is FC(F)c1c(CBr)cnn1-c1cccnn1. The lowest BCUT2D eigenvalue weighted by molar-refractivity contribution is 0.141. The standard InChI is InChI=1S/C9H7BrF2N4/c10-4-6-5-14-16(8(6)9(11)12)7-2-1-3-13-15-7/h1-3,5,9H,4H2. The van der Waals surface area contributed by atoms with Crippen LogP contribution < -0.4 is 0 Å². The third kappa shape index (κ3) is 1.95. The predicted molar refractivity (Wildman–Crippen MR) is 56.7 cm³/mol. The van der Waals surface area contributed by atoms with Crippen molar-refractivity contribution >= 4 is 15.9 Å². The van der Waals surface area contributed by atoms with E-state index in [0.717, 1.165) is 4.68 Å². The molecule has 2 aromatic heterocycles. The fourth-order valence-electron chi connectivity index (χ4n) is 1.32. The van der Waals surface area contributed by atoms with Crippen LogP contribution in [-0.4, -0.2) is 20.0 Å². The van der Waals surface area contributed by atoms with Crippen LogP contribution in [0.2, 0.25) is 0 Å². The second-order valence-electron chi connectivity index (χ2n) is 2.98. The van der Waals surface area contributed by atoms with Gasteiger partial charge in [0, 0.05) is 17.1 Å². The van der Waals surface area contributed by atoms with Crippen molar-refractivity contribution in [1.82, 2.24) is 20.0 Å². The summed E-state index contributed by atoms with van der Waals surface area (Å²) in [5.74, 6) is 0.282. The van der Waals surface area contributed by atoms with Crippen molar-refractivity contribution in [1.29, 1.82) is 0 Å². The molecule has 0 aliphatic carbocycles. The summed E-state index contributed by atoms with van der Waals surface area (Å²) in [6.45, 7) is 0. The Morgan fingerprint density at radius 2 is 2.25 bits per heavy atom. The maximum absolute atomic E-state index is 12.9. The van der Waals surface area contributed by atoms with E-state index in [2.05, 4.69) is 31.2 Å².